The molecule has 35 heavy (non-hydrogen) atoms. The number of halogens is 1. The third kappa shape index (κ3) is 6.04. The van der Waals surface area contributed by atoms with Crippen LogP contribution in [0.15, 0.2) is 78.0 Å². The van der Waals surface area contributed by atoms with Crippen molar-refractivity contribution in [1.29, 1.82) is 0 Å². The predicted molar refractivity (Wildman–Crippen MR) is 128 cm³/mol. The van der Waals surface area contributed by atoms with E-state index in [9.17, 15) is 28.4 Å². The number of rotatable bonds is 8. The Labute approximate surface area is 197 Å². The van der Waals surface area contributed by atoms with Crippen molar-refractivity contribution in [1.82, 2.24) is 9.71 Å². The van der Waals surface area contributed by atoms with Crippen molar-refractivity contribution in [2.75, 3.05) is 11.7 Å². The van der Waals surface area contributed by atoms with E-state index in [1.165, 1.54) is 36.4 Å². The van der Waals surface area contributed by atoms with E-state index >= 15 is 0 Å². The van der Waals surface area contributed by atoms with Crippen molar-refractivity contribution in [2.24, 2.45) is 5.18 Å². The van der Waals surface area contributed by atoms with Crippen LogP contribution < -0.4 is 10.2 Å². The van der Waals surface area contributed by atoms with Gasteiger partial charge in [0.05, 0.1) is 5.52 Å². The second-order valence-corrected chi connectivity index (χ2v) is 8.96. The van der Waals surface area contributed by atoms with Gasteiger partial charge in [-0.15, -0.1) is 4.91 Å². The minimum atomic E-state index is -4.50. The molecule has 0 aliphatic rings. The van der Waals surface area contributed by atoms with Crippen LogP contribution in [0.5, 0.6) is 0 Å². The molecule has 0 spiro atoms. The van der Waals surface area contributed by atoms with Gasteiger partial charge >= 0.3 is 7.60 Å². The summed E-state index contributed by atoms with van der Waals surface area (Å²) in [6.07, 6.45) is 1.96. The van der Waals surface area contributed by atoms with Gasteiger partial charge in [-0.05, 0) is 71.4 Å². The predicted octanol–water partition coefficient (Wildman–Crippen LogP) is 4.46. The van der Waals surface area contributed by atoms with Crippen LogP contribution in [0.2, 0.25) is 0 Å². The highest BCUT2D eigenvalue weighted by Crippen LogP contribution is 2.34. The standard InChI is InChI=1S/C23H18FN4O6P/c24-17-6-1-15(2-7-17)3-12-22(29)25-18-8-4-16(5-9-18)23-26-20-11-10-19(27-30)13-21(20)28(23)34-14-35(31,32)33/h1-13H,14H2,(H,25,29)(H2,31,32,33)/b12-3+. The SMILES string of the molecule is O=Nc1ccc2nc(-c3ccc(NC(=O)/C=C/c4ccc(F)cc4)cc3)n(OCP(=O)(O)O)c2c1. The van der Waals surface area contributed by atoms with Gasteiger partial charge in [-0.25, -0.2) is 9.37 Å². The number of benzene rings is 3. The number of nitroso groups, excluding NO2 is 1. The zero-order chi connectivity index (χ0) is 25.0. The maximum absolute atomic E-state index is 13.0. The van der Waals surface area contributed by atoms with Gasteiger partial charge in [0.15, 0.2) is 5.82 Å². The average Bonchev–Trinajstić information content (AvgIpc) is 3.20. The molecule has 0 atom stereocenters. The molecule has 1 aromatic heterocycles. The van der Waals surface area contributed by atoms with E-state index in [0.717, 1.165) is 4.73 Å². The van der Waals surface area contributed by atoms with Crippen LogP contribution in [0.4, 0.5) is 15.8 Å². The number of aromatic nitrogens is 2. The van der Waals surface area contributed by atoms with Crippen molar-refractivity contribution < 1.29 is 28.4 Å². The normalized spacial score (nSPS) is 11.6. The van der Waals surface area contributed by atoms with Crippen molar-refractivity contribution >= 4 is 42.0 Å². The van der Waals surface area contributed by atoms with Crippen LogP contribution in [0.1, 0.15) is 5.56 Å². The summed E-state index contributed by atoms with van der Waals surface area (Å²) < 4.78 is 25.4. The fraction of sp³-hybridized carbons (Fsp3) is 0.0435. The van der Waals surface area contributed by atoms with Gasteiger partial charge in [0.1, 0.15) is 17.0 Å². The van der Waals surface area contributed by atoms with Crippen LogP contribution in [0.25, 0.3) is 28.5 Å². The Bertz CT molecular complexity index is 1460. The molecule has 4 aromatic rings. The molecule has 0 fully saturated rings. The summed E-state index contributed by atoms with van der Waals surface area (Å²) in [5, 5.41) is 5.56. The van der Waals surface area contributed by atoms with Gasteiger partial charge in [-0.3, -0.25) is 9.36 Å². The maximum Gasteiger partial charge on any atom is 0.365 e. The molecule has 3 N–H and O–H groups in total. The fourth-order valence-corrected chi connectivity index (χ4v) is 3.44. The molecular weight excluding hydrogens is 478 g/mol. The summed E-state index contributed by atoms with van der Waals surface area (Å²) in [5.74, 6) is -0.535. The van der Waals surface area contributed by atoms with E-state index in [1.54, 1.807) is 42.5 Å². The Hall–Kier alpha value is -4.18. The summed E-state index contributed by atoms with van der Waals surface area (Å²) in [4.78, 5) is 51.3. The molecule has 0 saturated carbocycles. The van der Waals surface area contributed by atoms with Crippen molar-refractivity contribution in [2.45, 2.75) is 0 Å². The lowest BCUT2D eigenvalue weighted by Gasteiger charge is -2.12. The third-order valence-electron chi connectivity index (χ3n) is 4.76. The molecule has 1 heterocycles. The maximum atomic E-state index is 13.0. The fourth-order valence-electron chi connectivity index (χ4n) is 3.18. The summed E-state index contributed by atoms with van der Waals surface area (Å²) in [7, 11) is -4.50. The summed E-state index contributed by atoms with van der Waals surface area (Å²) in [5.41, 5.74) is 2.48. The van der Waals surface area contributed by atoms with E-state index < -0.39 is 19.9 Å². The van der Waals surface area contributed by atoms with E-state index in [-0.39, 0.29) is 17.3 Å². The molecule has 3 aromatic carbocycles. The zero-order valence-electron chi connectivity index (χ0n) is 17.9. The number of nitrogens with one attached hydrogen (secondary N) is 1. The lowest BCUT2D eigenvalue weighted by atomic mass is 10.2. The first-order valence-electron chi connectivity index (χ1n) is 10.1. The molecule has 0 radical (unpaired) electrons. The van der Waals surface area contributed by atoms with Crippen LogP contribution in [0.3, 0.4) is 0 Å². The van der Waals surface area contributed by atoms with E-state index in [4.69, 9.17) is 4.84 Å². The average molecular weight is 496 g/mol. The first-order chi connectivity index (χ1) is 16.7. The van der Waals surface area contributed by atoms with Crippen LogP contribution in [-0.2, 0) is 9.36 Å². The van der Waals surface area contributed by atoms with Crippen LogP contribution in [-0.4, -0.2) is 31.8 Å². The number of nitrogens with zero attached hydrogens (tertiary/aromatic N) is 3. The molecule has 4 rings (SSSR count). The van der Waals surface area contributed by atoms with Gasteiger partial charge in [0.2, 0.25) is 12.3 Å². The highest BCUT2D eigenvalue weighted by atomic mass is 31.2. The number of anilines is 1. The van der Waals surface area contributed by atoms with Gasteiger partial charge < -0.3 is 19.9 Å². The Morgan fingerprint density at radius 2 is 1.83 bits per heavy atom. The van der Waals surface area contributed by atoms with Crippen LogP contribution >= 0.6 is 7.60 Å². The number of carbonyl (C=O) groups excluding carboxylic acids is 1. The molecule has 0 bridgehead atoms. The molecule has 0 unspecified atom stereocenters. The van der Waals surface area contributed by atoms with Crippen LogP contribution in [0, 0.1) is 10.7 Å². The minimum Gasteiger partial charge on any atom is -0.399 e. The van der Waals surface area contributed by atoms with Gasteiger partial charge in [-0.1, -0.05) is 12.1 Å². The van der Waals surface area contributed by atoms with Crippen molar-refractivity contribution in [3.05, 3.63) is 89.1 Å². The lowest BCUT2D eigenvalue weighted by molar-refractivity contribution is -0.111. The second-order valence-electron chi connectivity index (χ2n) is 7.37. The summed E-state index contributed by atoms with van der Waals surface area (Å²) in [6, 6.07) is 16.6. The van der Waals surface area contributed by atoms with E-state index in [2.05, 4.69) is 15.5 Å². The number of carbonyl (C=O) groups is 1. The van der Waals surface area contributed by atoms with E-state index in [0.29, 0.717) is 27.8 Å². The van der Waals surface area contributed by atoms with Crippen molar-refractivity contribution in [3.63, 3.8) is 0 Å². The monoisotopic (exact) mass is 496 g/mol. The Kier molecular flexibility index (Phi) is 6.83. The van der Waals surface area contributed by atoms with Crippen molar-refractivity contribution in [3.8, 4) is 11.4 Å². The lowest BCUT2D eigenvalue weighted by Crippen LogP contribution is -2.14. The first kappa shape index (κ1) is 24.0. The van der Waals surface area contributed by atoms with E-state index in [1.807, 2.05) is 0 Å². The number of imidazole rings is 1. The zero-order valence-corrected chi connectivity index (χ0v) is 18.8. The molecule has 0 aliphatic carbocycles. The third-order valence-corrected chi connectivity index (χ3v) is 5.22. The molecule has 12 heteroatoms. The second kappa shape index (κ2) is 9.98. The molecule has 1 amide bonds. The molecule has 10 nitrogen and oxygen atoms in total. The number of amides is 1. The van der Waals surface area contributed by atoms with Gasteiger partial charge in [0, 0.05) is 17.3 Å². The molecular formula is C23H18FN4O6P. The summed E-state index contributed by atoms with van der Waals surface area (Å²) in [6.45, 7) is 0. The number of fused-ring (bicyclic) bond motifs is 1. The highest BCUT2D eigenvalue weighted by Gasteiger charge is 2.20. The first-order valence-corrected chi connectivity index (χ1v) is 11.9. The smallest absolute Gasteiger partial charge is 0.365 e. The Morgan fingerprint density at radius 1 is 1.11 bits per heavy atom. The number of hydrogen-bond acceptors (Lipinski definition) is 6. The quantitative estimate of drug-likeness (QED) is 0.186. The highest BCUT2D eigenvalue weighted by molar-refractivity contribution is 7.51. The summed E-state index contributed by atoms with van der Waals surface area (Å²) >= 11 is 0. The largest absolute Gasteiger partial charge is 0.399 e. The Balaban J connectivity index is 1.57. The van der Waals surface area contributed by atoms with Gasteiger partial charge in [0.25, 0.3) is 0 Å². The molecule has 178 valence electrons. The number of hydrogen-bond donors (Lipinski definition) is 3. The minimum absolute atomic E-state index is 0.0942. The Morgan fingerprint density at radius 3 is 2.49 bits per heavy atom. The molecule has 0 aliphatic heterocycles. The molecule has 0 saturated heterocycles. The topological polar surface area (TPSA) is 143 Å². The van der Waals surface area contributed by atoms with Gasteiger partial charge in [-0.2, -0.15) is 4.73 Å².